The lowest BCUT2D eigenvalue weighted by Crippen LogP contribution is -2.18. The average Bonchev–Trinajstić information content (AvgIpc) is 3.02. The molecule has 4 nitrogen and oxygen atoms in total. The number of rotatable bonds is 6. The van der Waals surface area contributed by atoms with Crippen molar-refractivity contribution < 1.29 is 4.74 Å². The third-order valence-electron chi connectivity index (χ3n) is 2.97. The van der Waals surface area contributed by atoms with Crippen LogP contribution in [0.5, 0.6) is 0 Å². The molecule has 2 N–H and O–H groups in total. The zero-order valence-corrected chi connectivity index (χ0v) is 12.7. The molecule has 2 aromatic heterocycles. The SMILES string of the molecule is CCc1ccc(C(N)c2c(Cl)cnn2CCOC)s1. The molecule has 0 fully saturated rings. The number of aromatic nitrogens is 2. The summed E-state index contributed by atoms with van der Waals surface area (Å²) in [5, 5.41) is 4.86. The van der Waals surface area contributed by atoms with Crippen LogP contribution in [0.1, 0.15) is 28.4 Å². The van der Waals surface area contributed by atoms with Crippen molar-refractivity contribution in [3.8, 4) is 0 Å². The van der Waals surface area contributed by atoms with Crippen molar-refractivity contribution in [3.63, 3.8) is 0 Å². The topological polar surface area (TPSA) is 53.1 Å². The van der Waals surface area contributed by atoms with Gasteiger partial charge in [-0.15, -0.1) is 11.3 Å². The van der Waals surface area contributed by atoms with Crippen LogP contribution < -0.4 is 5.73 Å². The van der Waals surface area contributed by atoms with E-state index in [2.05, 4.69) is 24.2 Å². The van der Waals surface area contributed by atoms with Crippen molar-refractivity contribution in [1.82, 2.24) is 9.78 Å². The molecule has 0 spiro atoms. The smallest absolute Gasteiger partial charge is 0.0838 e. The van der Waals surface area contributed by atoms with Gasteiger partial charge in [-0.1, -0.05) is 18.5 Å². The van der Waals surface area contributed by atoms with Gasteiger partial charge in [0, 0.05) is 16.9 Å². The van der Waals surface area contributed by atoms with Crippen molar-refractivity contribution in [1.29, 1.82) is 0 Å². The maximum atomic E-state index is 6.33. The van der Waals surface area contributed by atoms with Crippen molar-refractivity contribution in [2.24, 2.45) is 5.73 Å². The fraction of sp³-hybridized carbons (Fsp3) is 0.462. The van der Waals surface area contributed by atoms with Crippen LogP contribution in [0.3, 0.4) is 0 Å². The summed E-state index contributed by atoms with van der Waals surface area (Å²) in [4.78, 5) is 2.43. The molecule has 19 heavy (non-hydrogen) atoms. The summed E-state index contributed by atoms with van der Waals surface area (Å²) in [6.45, 7) is 3.37. The lowest BCUT2D eigenvalue weighted by Gasteiger charge is -2.13. The van der Waals surface area contributed by atoms with Crippen LogP contribution in [0, 0.1) is 0 Å². The largest absolute Gasteiger partial charge is 0.383 e. The van der Waals surface area contributed by atoms with Crippen LogP contribution in [0.15, 0.2) is 18.3 Å². The number of halogens is 1. The molecule has 1 atom stereocenters. The highest BCUT2D eigenvalue weighted by Crippen LogP contribution is 2.30. The predicted octanol–water partition coefficient (Wildman–Crippen LogP) is 2.85. The standard InChI is InChI=1S/C13H18ClN3OS/c1-3-9-4-5-11(19-9)12(15)13-10(14)8-16-17(13)6-7-18-2/h4-5,8,12H,3,6-7,15H2,1-2H3. The van der Waals surface area contributed by atoms with E-state index in [9.17, 15) is 0 Å². The first-order valence-corrected chi connectivity index (χ1v) is 7.41. The molecule has 2 aromatic rings. The van der Waals surface area contributed by atoms with Gasteiger partial charge < -0.3 is 10.5 Å². The molecule has 0 aliphatic carbocycles. The molecule has 0 saturated carbocycles. The molecule has 2 heterocycles. The van der Waals surface area contributed by atoms with Crippen LogP contribution in [0.25, 0.3) is 0 Å². The first-order chi connectivity index (χ1) is 9.17. The number of hydrogen-bond acceptors (Lipinski definition) is 4. The Balaban J connectivity index is 2.26. The summed E-state index contributed by atoms with van der Waals surface area (Å²) in [5.41, 5.74) is 7.18. The average molecular weight is 300 g/mol. The highest BCUT2D eigenvalue weighted by atomic mass is 35.5. The maximum absolute atomic E-state index is 6.33. The summed E-state index contributed by atoms with van der Waals surface area (Å²) in [6, 6.07) is 3.94. The molecule has 0 bridgehead atoms. The van der Waals surface area contributed by atoms with Gasteiger partial charge in [0.1, 0.15) is 0 Å². The lowest BCUT2D eigenvalue weighted by atomic mass is 10.2. The zero-order valence-electron chi connectivity index (χ0n) is 11.1. The van der Waals surface area contributed by atoms with Crippen LogP contribution >= 0.6 is 22.9 Å². The second-order valence-corrected chi connectivity index (χ2v) is 5.84. The Labute approximate surface area is 122 Å². The molecule has 0 saturated heterocycles. The number of thiophene rings is 1. The number of nitrogens with two attached hydrogens (primary N) is 1. The minimum atomic E-state index is -0.239. The van der Waals surface area contributed by atoms with Gasteiger partial charge in [-0.05, 0) is 18.6 Å². The van der Waals surface area contributed by atoms with Crippen LogP contribution in [-0.4, -0.2) is 23.5 Å². The van der Waals surface area contributed by atoms with Gasteiger partial charge in [0.25, 0.3) is 0 Å². The third-order valence-corrected chi connectivity index (χ3v) is 4.58. The molecule has 0 aromatic carbocycles. The summed E-state index contributed by atoms with van der Waals surface area (Å²) in [6.07, 6.45) is 2.66. The van der Waals surface area contributed by atoms with Gasteiger partial charge >= 0.3 is 0 Å². The first kappa shape index (κ1) is 14.5. The molecule has 2 rings (SSSR count). The third kappa shape index (κ3) is 3.17. The molecule has 0 radical (unpaired) electrons. The van der Waals surface area contributed by atoms with E-state index < -0.39 is 0 Å². The van der Waals surface area contributed by atoms with Crippen molar-refractivity contribution in [2.75, 3.05) is 13.7 Å². The number of ether oxygens (including phenoxy) is 1. The Morgan fingerprint density at radius 1 is 1.53 bits per heavy atom. The molecule has 104 valence electrons. The molecular weight excluding hydrogens is 282 g/mol. The van der Waals surface area contributed by atoms with Gasteiger partial charge in [-0.2, -0.15) is 5.10 Å². The number of nitrogens with zero attached hydrogens (tertiary/aromatic N) is 2. The summed E-state index contributed by atoms with van der Waals surface area (Å²) in [7, 11) is 1.66. The van der Waals surface area contributed by atoms with E-state index in [1.807, 2.05) is 4.68 Å². The second kappa shape index (κ2) is 6.52. The van der Waals surface area contributed by atoms with E-state index in [-0.39, 0.29) is 6.04 Å². The van der Waals surface area contributed by atoms with Crippen LogP contribution in [0.4, 0.5) is 0 Å². The Hall–Kier alpha value is -0.880. The van der Waals surface area contributed by atoms with Gasteiger partial charge in [-0.3, -0.25) is 4.68 Å². The van der Waals surface area contributed by atoms with Crippen molar-refractivity contribution in [3.05, 3.63) is 38.8 Å². The number of hydrogen-bond donors (Lipinski definition) is 1. The van der Waals surface area contributed by atoms with Gasteiger partial charge in [0.2, 0.25) is 0 Å². The lowest BCUT2D eigenvalue weighted by molar-refractivity contribution is 0.182. The highest BCUT2D eigenvalue weighted by Gasteiger charge is 2.20. The predicted molar refractivity (Wildman–Crippen MR) is 78.8 cm³/mol. The van der Waals surface area contributed by atoms with E-state index >= 15 is 0 Å². The van der Waals surface area contributed by atoms with E-state index in [4.69, 9.17) is 22.1 Å². The Morgan fingerprint density at radius 3 is 2.95 bits per heavy atom. The van der Waals surface area contributed by atoms with E-state index in [1.54, 1.807) is 24.6 Å². The van der Waals surface area contributed by atoms with Crippen LogP contribution in [-0.2, 0) is 17.7 Å². The van der Waals surface area contributed by atoms with Gasteiger partial charge in [-0.25, -0.2) is 0 Å². The summed E-state index contributed by atoms with van der Waals surface area (Å²) in [5.74, 6) is 0. The quantitative estimate of drug-likeness (QED) is 0.892. The number of aryl methyl sites for hydroxylation is 1. The monoisotopic (exact) mass is 299 g/mol. The van der Waals surface area contributed by atoms with Gasteiger partial charge in [0.05, 0.1) is 36.1 Å². The normalized spacial score (nSPS) is 12.8. The Morgan fingerprint density at radius 2 is 2.32 bits per heavy atom. The van der Waals surface area contributed by atoms with Gasteiger partial charge in [0.15, 0.2) is 0 Å². The van der Waals surface area contributed by atoms with Crippen molar-refractivity contribution >= 4 is 22.9 Å². The summed E-state index contributed by atoms with van der Waals surface area (Å²) < 4.78 is 6.90. The fourth-order valence-corrected chi connectivity index (χ4v) is 3.14. The minimum Gasteiger partial charge on any atom is -0.383 e. The number of methoxy groups -OCH3 is 1. The van der Waals surface area contributed by atoms with Crippen molar-refractivity contribution in [2.45, 2.75) is 25.9 Å². The minimum absolute atomic E-state index is 0.239. The first-order valence-electron chi connectivity index (χ1n) is 6.21. The van der Waals surface area contributed by atoms with Crippen LogP contribution in [0.2, 0.25) is 5.02 Å². The molecule has 1 unspecified atom stereocenters. The molecule has 0 aliphatic heterocycles. The molecule has 6 heteroatoms. The second-order valence-electron chi connectivity index (χ2n) is 4.23. The Bertz CT molecular complexity index is 538. The molecular formula is C13H18ClN3OS. The Kier molecular flexibility index (Phi) is 4.99. The van der Waals surface area contributed by atoms with E-state index in [0.717, 1.165) is 17.0 Å². The zero-order chi connectivity index (χ0) is 13.8. The fourth-order valence-electron chi connectivity index (χ4n) is 1.92. The summed E-state index contributed by atoms with van der Waals surface area (Å²) >= 11 is 7.93. The van der Waals surface area contributed by atoms with E-state index in [0.29, 0.717) is 18.2 Å². The molecule has 0 aliphatic rings. The van der Waals surface area contributed by atoms with E-state index in [1.165, 1.54) is 4.88 Å². The molecule has 0 amide bonds. The maximum Gasteiger partial charge on any atom is 0.0838 e. The highest BCUT2D eigenvalue weighted by molar-refractivity contribution is 7.12.